The molecule has 0 saturated heterocycles. The third-order valence-corrected chi connectivity index (χ3v) is 6.21. The molecule has 6 nitrogen and oxygen atoms in total. The molecule has 10 heteroatoms. The first-order valence-corrected chi connectivity index (χ1v) is 10.8. The van der Waals surface area contributed by atoms with Crippen molar-refractivity contribution < 1.29 is 28.2 Å². The number of pyridine rings is 1. The number of carboxylic acids is 1. The number of aromatic nitrogens is 2. The molecular weight excluding hydrogens is 483 g/mol. The van der Waals surface area contributed by atoms with Crippen LogP contribution in [0.3, 0.4) is 0 Å². The molecule has 2 aromatic heterocycles. The van der Waals surface area contributed by atoms with Crippen molar-refractivity contribution in [2.24, 2.45) is 0 Å². The lowest BCUT2D eigenvalue weighted by Gasteiger charge is -2.19. The predicted octanol–water partition coefficient (Wildman–Crippen LogP) is 5.43. The van der Waals surface area contributed by atoms with E-state index < -0.39 is 23.9 Å². The van der Waals surface area contributed by atoms with Gasteiger partial charge in [0, 0.05) is 33.0 Å². The third kappa shape index (κ3) is 4.02. The Morgan fingerprint density at radius 3 is 2.66 bits per heavy atom. The van der Waals surface area contributed by atoms with E-state index in [9.17, 15) is 28.2 Å². The minimum Gasteiger partial charge on any atom is -0.477 e. The number of nitrogens with zero attached hydrogens (tertiary/aromatic N) is 2. The summed E-state index contributed by atoms with van der Waals surface area (Å²) >= 11 is 6.41. The number of aliphatic hydroxyl groups excluding tert-OH is 1. The van der Waals surface area contributed by atoms with E-state index in [1.165, 1.54) is 29.0 Å². The lowest BCUT2D eigenvalue weighted by Crippen LogP contribution is -2.28. The van der Waals surface area contributed by atoms with Crippen LogP contribution in [0.15, 0.2) is 66.9 Å². The first-order chi connectivity index (χ1) is 16.6. The molecule has 0 fully saturated rings. The second kappa shape index (κ2) is 8.44. The van der Waals surface area contributed by atoms with E-state index in [0.717, 1.165) is 17.5 Å². The molecule has 1 unspecified atom stereocenters. The molecule has 3 heterocycles. The zero-order valence-electron chi connectivity index (χ0n) is 17.8. The maximum Gasteiger partial charge on any atom is 0.416 e. The molecular formula is C25H17ClF3N3O3. The highest BCUT2D eigenvalue weighted by molar-refractivity contribution is 6.30. The van der Waals surface area contributed by atoms with Crippen LogP contribution in [0.2, 0.25) is 5.15 Å². The second-order valence-electron chi connectivity index (χ2n) is 8.03. The van der Waals surface area contributed by atoms with Crippen molar-refractivity contribution in [3.8, 4) is 0 Å². The molecule has 0 saturated carbocycles. The number of rotatable bonds is 4. The van der Waals surface area contributed by atoms with Gasteiger partial charge in [0.25, 0.3) is 0 Å². The number of hydrogen-bond acceptors (Lipinski definition) is 4. The molecule has 0 bridgehead atoms. The number of benzene rings is 2. The van der Waals surface area contributed by atoms with Crippen molar-refractivity contribution in [1.29, 1.82) is 0 Å². The van der Waals surface area contributed by atoms with E-state index >= 15 is 0 Å². The molecule has 0 radical (unpaired) electrons. The van der Waals surface area contributed by atoms with Gasteiger partial charge < -0.3 is 20.1 Å². The van der Waals surface area contributed by atoms with Gasteiger partial charge in [-0.3, -0.25) is 0 Å². The van der Waals surface area contributed by atoms with Crippen LogP contribution in [0.1, 0.15) is 27.2 Å². The fraction of sp³-hybridized carbons (Fsp3) is 0.120. The van der Waals surface area contributed by atoms with Crippen LogP contribution in [0.25, 0.3) is 27.4 Å². The summed E-state index contributed by atoms with van der Waals surface area (Å²) in [7, 11) is 0. The number of nitrogens with one attached hydrogen (secondary N) is 1. The van der Waals surface area contributed by atoms with Crippen LogP contribution < -0.4 is 5.32 Å². The average Bonchev–Trinajstić information content (AvgIpc) is 3.13. The Morgan fingerprint density at radius 2 is 1.94 bits per heavy atom. The third-order valence-electron chi connectivity index (χ3n) is 5.88. The summed E-state index contributed by atoms with van der Waals surface area (Å²) in [6.45, 7) is -0.0627. The molecule has 1 atom stereocenters. The van der Waals surface area contributed by atoms with Crippen molar-refractivity contribution >= 4 is 44.9 Å². The molecule has 0 amide bonds. The van der Waals surface area contributed by atoms with Gasteiger partial charge in [-0.1, -0.05) is 35.9 Å². The zero-order chi connectivity index (χ0) is 24.9. The van der Waals surface area contributed by atoms with Gasteiger partial charge in [0.15, 0.2) is 6.23 Å². The van der Waals surface area contributed by atoms with E-state index in [4.69, 9.17) is 11.6 Å². The molecule has 4 aromatic rings. The molecule has 5 rings (SSSR count). The van der Waals surface area contributed by atoms with E-state index in [2.05, 4.69) is 10.3 Å². The molecule has 178 valence electrons. The van der Waals surface area contributed by atoms with Crippen LogP contribution in [0.4, 0.5) is 13.2 Å². The number of hydrogen-bond donors (Lipinski definition) is 3. The van der Waals surface area contributed by atoms with Gasteiger partial charge >= 0.3 is 12.1 Å². The zero-order valence-corrected chi connectivity index (χ0v) is 18.6. The van der Waals surface area contributed by atoms with Crippen molar-refractivity contribution in [3.63, 3.8) is 0 Å². The van der Waals surface area contributed by atoms with E-state index in [1.54, 1.807) is 12.1 Å². The fourth-order valence-electron chi connectivity index (χ4n) is 4.33. The van der Waals surface area contributed by atoms with Crippen LogP contribution in [0.5, 0.6) is 0 Å². The molecule has 2 aromatic carbocycles. The van der Waals surface area contributed by atoms with Crippen molar-refractivity contribution in [3.05, 3.63) is 94.4 Å². The maximum atomic E-state index is 13.5. The van der Waals surface area contributed by atoms with Crippen LogP contribution in [-0.2, 0) is 12.7 Å². The monoisotopic (exact) mass is 499 g/mol. The lowest BCUT2D eigenvalue weighted by atomic mass is 9.97. The number of aromatic carboxylic acids is 1. The normalized spacial score (nSPS) is 15.9. The van der Waals surface area contributed by atoms with Crippen LogP contribution in [0, 0.1) is 0 Å². The van der Waals surface area contributed by atoms with Gasteiger partial charge in [0.1, 0.15) is 10.8 Å². The SMILES string of the molecule is O=C(O)c1c(C2=CC=CNC2O)c2cc(C(F)(F)F)ccc2n1Cc1cc2ccccc2nc1Cl. The summed E-state index contributed by atoms with van der Waals surface area (Å²) in [5.41, 5.74) is 0.320. The van der Waals surface area contributed by atoms with Gasteiger partial charge in [-0.25, -0.2) is 9.78 Å². The number of fused-ring (bicyclic) bond motifs is 2. The largest absolute Gasteiger partial charge is 0.477 e. The Balaban J connectivity index is 1.80. The number of carboxylic acid groups (broad SMARTS) is 1. The number of dihydropyridines is 1. The summed E-state index contributed by atoms with van der Waals surface area (Å²) in [5.74, 6) is -1.36. The smallest absolute Gasteiger partial charge is 0.416 e. The van der Waals surface area contributed by atoms with Gasteiger partial charge in [0.2, 0.25) is 0 Å². The highest BCUT2D eigenvalue weighted by atomic mass is 35.5. The second-order valence-corrected chi connectivity index (χ2v) is 8.38. The number of halogens is 4. The molecule has 1 aliphatic heterocycles. The Morgan fingerprint density at radius 1 is 1.17 bits per heavy atom. The molecule has 1 aliphatic rings. The first-order valence-electron chi connectivity index (χ1n) is 10.5. The van der Waals surface area contributed by atoms with Crippen LogP contribution in [-0.4, -0.2) is 32.0 Å². The summed E-state index contributed by atoms with van der Waals surface area (Å²) in [5, 5.41) is 24.3. The summed E-state index contributed by atoms with van der Waals surface area (Å²) in [6.07, 6.45) is -1.49. The predicted molar refractivity (Wildman–Crippen MR) is 126 cm³/mol. The van der Waals surface area contributed by atoms with E-state index in [1.807, 2.05) is 18.2 Å². The standard InChI is InChI=1S/C25H17ClF3N3O3/c26-22-14(10-13-4-1-2-6-18(13)31-22)12-32-19-8-7-15(25(27,28)29)11-17(19)20(21(32)24(34)35)16-5-3-9-30-23(16)33/h1-11,23,30,33H,12H2,(H,34,35). The number of para-hydroxylation sites is 1. The Hall–Kier alpha value is -3.82. The number of aliphatic hydroxyl groups is 1. The molecule has 35 heavy (non-hydrogen) atoms. The molecule has 0 aliphatic carbocycles. The highest BCUT2D eigenvalue weighted by Gasteiger charge is 2.34. The molecule has 0 spiro atoms. The van der Waals surface area contributed by atoms with E-state index in [-0.39, 0.29) is 39.4 Å². The van der Waals surface area contributed by atoms with Gasteiger partial charge in [-0.2, -0.15) is 13.2 Å². The fourth-order valence-corrected chi connectivity index (χ4v) is 4.53. The Labute approximate surface area is 201 Å². The number of alkyl halides is 3. The van der Waals surface area contributed by atoms with Crippen molar-refractivity contribution in [2.45, 2.75) is 18.9 Å². The van der Waals surface area contributed by atoms with Gasteiger partial charge in [-0.05, 0) is 42.6 Å². The Kier molecular flexibility index (Phi) is 5.53. The highest BCUT2D eigenvalue weighted by Crippen LogP contribution is 2.39. The summed E-state index contributed by atoms with van der Waals surface area (Å²) in [6, 6.07) is 12.1. The van der Waals surface area contributed by atoms with E-state index in [0.29, 0.717) is 11.1 Å². The van der Waals surface area contributed by atoms with Crippen LogP contribution >= 0.6 is 11.6 Å². The Bertz CT molecular complexity index is 1560. The average molecular weight is 500 g/mol. The van der Waals surface area contributed by atoms with Crippen molar-refractivity contribution in [1.82, 2.24) is 14.9 Å². The maximum absolute atomic E-state index is 13.5. The minimum atomic E-state index is -4.64. The minimum absolute atomic E-state index is 0.00665. The lowest BCUT2D eigenvalue weighted by molar-refractivity contribution is -0.137. The topological polar surface area (TPSA) is 87.4 Å². The number of allylic oxidation sites excluding steroid dienone is 2. The van der Waals surface area contributed by atoms with Gasteiger partial charge in [0.05, 0.1) is 17.6 Å². The number of carbonyl (C=O) groups is 1. The van der Waals surface area contributed by atoms with Crippen molar-refractivity contribution in [2.75, 3.05) is 0 Å². The first kappa shape index (κ1) is 22.9. The quantitative estimate of drug-likeness (QED) is 0.326. The van der Waals surface area contributed by atoms with Gasteiger partial charge in [-0.15, -0.1) is 0 Å². The molecule has 3 N–H and O–H groups in total. The summed E-state index contributed by atoms with van der Waals surface area (Å²) < 4.78 is 42.0. The summed E-state index contributed by atoms with van der Waals surface area (Å²) in [4.78, 5) is 16.9.